The molecule has 0 radical (unpaired) electrons. The fourth-order valence-corrected chi connectivity index (χ4v) is 7.86. The van der Waals surface area contributed by atoms with Gasteiger partial charge in [0, 0.05) is 43.1 Å². The number of phosphoric acid groups is 3. The summed E-state index contributed by atoms with van der Waals surface area (Å²) in [6, 6.07) is -2.69. The minimum Gasteiger partial charge on any atom is -0.506 e. The fraction of sp³-hybridized carbons (Fsp3) is 0.560. The lowest BCUT2D eigenvalue weighted by Gasteiger charge is -2.44. The molecule has 2 saturated heterocycles. The topological polar surface area (TPSA) is 415 Å². The lowest BCUT2D eigenvalue weighted by atomic mass is 9.93. The van der Waals surface area contributed by atoms with E-state index in [-0.39, 0.29) is 16.8 Å². The van der Waals surface area contributed by atoms with Crippen LogP contribution in [0.2, 0.25) is 0 Å². The van der Waals surface area contributed by atoms with Crippen LogP contribution >= 0.6 is 23.5 Å². The van der Waals surface area contributed by atoms with E-state index in [4.69, 9.17) is 23.8 Å². The third kappa shape index (κ3) is 11.4. The van der Waals surface area contributed by atoms with Crippen molar-refractivity contribution in [2.45, 2.75) is 82.1 Å². The van der Waals surface area contributed by atoms with E-state index in [1.165, 1.54) is 6.92 Å². The van der Waals surface area contributed by atoms with E-state index in [9.17, 15) is 68.2 Å². The molecule has 4 heterocycles. The van der Waals surface area contributed by atoms with Crippen LogP contribution in [-0.4, -0.2) is 127 Å². The first kappa shape index (κ1) is 44.4. The number of aliphatic hydroxyl groups excluding tert-OH is 3. The number of aliphatic carboxylic acids is 1. The summed E-state index contributed by atoms with van der Waals surface area (Å²) < 4.78 is 66.4. The molecule has 30 heteroatoms. The first-order valence-corrected chi connectivity index (χ1v) is 19.9. The number of aliphatic hydroxyl groups is 3. The Hall–Kier alpha value is -3.30. The molecule has 2 unspecified atom stereocenters. The van der Waals surface area contributed by atoms with E-state index < -0.39 is 127 Å². The van der Waals surface area contributed by atoms with E-state index in [0.717, 1.165) is 25.4 Å². The van der Waals surface area contributed by atoms with Crippen LogP contribution in [0.25, 0.3) is 0 Å². The van der Waals surface area contributed by atoms with Gasteiger partial charge in [0.2, 0.25) is 5.91 Å². The normalized spacial score (nSPS) is 29.3. The summed E-state index contributed by atoms with van der Waals surface area (Å²) in [5.74, 6) is -3.33. The number of carboxylic acids is 1. The second kappa shape index (κ2) is 17.5. The van der Waals surface area contributed by atoms with Crippen molar-refractivity contribution >= 4 is 35.3 Å². The quantitative estimate of drug-likeness (QED) is 0.0722. The van der Waals surface area contributed by atoms with Crippen molar-refractivity contribution in [3.05, 3.63) is 56.1 Å². The molecule has 4 rings (SSSR count). The summed E-state index contributed by atoms with van der Waals surface area (Å²) in [7, 11) is -16.7. The highest BCUT2D eigenvalue weighted by Crippen LogP contribution is 2.61. The number of aromatic amines is 1. The average molecular weight is 851 g/mol. The summed E-state index contributed by atoms with van der Waals surface area (Å²) in [6.45, 7) is -0.244. The van der Waals surface area contributed by atoms with E-state index in [1.807, 2.05) is 4.98 Å². The van der Waals surface area contributed by atoms with Gasteiger partial charge < -0.3 is 65.2 Å². The Bertz CT molecular complexity index is 2010. The number of phosphoric ester groups is 3. The second-order valence-electron chi connectivity index (χ2n) is 11.8. The number of hydrogen-bond donors (Lipinski definition) is 12. The van der Waals surface area contributed by atoms with E-state index in [1.54, 1.807) is 0 Å². The molecule has 27 nitrogen and oxygen atoms in total. The zero-order chi connectivity index (χ0) is 41.2. The number of pyridine rings is 1. The summed E-state index contributed by atoms with van der Waals surface area (Å²) in [5.41, 5.74) is -2.08. The molecule has 0 spiro atoms. The van der Waals surface area contributed by atoms with Gasteiger partial charge in [-0.05, 0) is 6.92 Å². The van der Waals surface area contributed by atoms with Gasteiger partial charge in [-0.3, -0.25) is 37.7 Å². The molecular weight excluding hydrogens is 815 g/mol. The minimum atomic E-state index is -5.94. The molecular formula is C25H36N5O22P3. The van der Waals surface area contributed by atoms with Crippen molar-refractivity contribution in [1.82, 2.24) is 25.2 Å². The maximum absolute atomic E-state index is 13.0. The monoisotopic (exact) mass is 851 g/mol. The highest BCUT2D eigenvalue weighted by molar-refractivity contribution is 7.61. The summed E-state index contributed by atoms with van der Waals surface area (Å²) in [4.78, 5) is 92.4. The molecule has 0 aliphatic carbocycles. The van der Waals surface area contributed by atoms with Crippen LogP contribution in [0.15, 0.2) is 28.0 Å². The zero-order valence-corrected chi connectivity index (χ0v) is 30.8. The minimum absolute atomic E-state index is 0.00977. The lowest BCUT2D eigenvalue weighted by molar-refractivity contribution is -0.224. The molecule has 2 fully saturated rings. The van der Waals surface area contributed by atoms with Crippen molar-refractivity contribution in [3.63, 3.8) is 0 Å². The number of carbonyl (C=O) groups excluding carboxylic acids is 1. The van der Waals surface area contributed by atoms with Crippen LogP contribution in [0.5, 0.6) is 5.75 Å². The Labute approximate surface area is 306 Å². The Morgan fingerprint density at radius 1 is 1.00 bits per heavy atom. The fourth-order valence-electron chi connectivity index (χ4n) is 5.39. The first-order chi connectivity index (χ1) is 25.4. The Kier molecular flexibility index (Phi) is 14.1. The highest BCUT2D eigenvalue weighted by atomic mass is 31.3. The molecule has 0 saturated carbocycles. The number of ether oxygens (including phenoxy) is 2. The maximum atomic E-state index is 13.0. The number of rotatable bonds is 16. The van der Waals surface area contributed by atoms with Crippen LogP contribution in [0.3, 0.4) is 0 Å². The van der Waals surface area contributed by atoms with E-state index >= 15 is 0 Å². The molecule has 0 aromatic carbocycles. The molecule has 12 N–H and O–H groups in total. The van der Waals surface area contributed by atoms with Crippen LogP contribution in [0.1, 0.15) is 30.0 Å². The number of amides is 1. The molecule has 308 valence electrons. The smallest absolute Gasteiger partial charge is 0.483 e. The Morgan fingerprint density at radius 3 is 2.27 bits per heavy atom. The largest absolute Gasteiger partial charge is 0.506 e. The average Bonchev–Trinajstić information content (AvgIpc) is 3.33. The molecule has 2 aliphatic heterocycles. The van der Waals surface area contributed by atoms with Gasteiger partial charge in [0.1, 0.15) is 30.2 Å². The second-order valence-corrected chi connectivity index (χ2v) is 16.1. The molecule has 2 aromatic rings. The SMILES string of the molecule is CC(=O)N[C@H]1[C@@H](OP(=O)(O)OP(=O)(O)OC[C@H]2O[C@@H](n3ccc(=O)[nH]c3=O)[C@H](O)[C@@H]2O)O[C@H](C(=O)O)[C@@H](O)[C@@H]1NCc1c(COP(=O)(O)O)cnc(C)c1O. The number of aromatic hydroxyl groups is 1. The van der Waals surface area contributed by atoms with Crippen molar-refractivity contribution in [3.8, 4) is 5.75 Å². The van der Waals surface area contributed by atoms with Crippen molar-refractivity contribution < 1.29 is 95.7 Å². The molecule has 0 bridgehead atoms. The number of aromatic nitrogens is 3. The van der Waals surface area contributed by atoms with Crippen LogP contribution in [-0.2, 0) is 63.8 Å². The number of aryl methyl sites for hydroxylation is 1. The summed E-state index contributed by atoms with van der Waals surface area (Å²) >= 11 is 0. The van der Waals surface area contributed by atoms with Gasteiger partial charge in [-0.1, -0.05) is 0 Å². The predicted molar refractivity (Wildman–Crippen MR) is 173 cm³/mol. The number of H-pyrrole nitrogens is 1. The standard InChI is InChI=1S/C25H36N5O22P3/c1-9-17(33)12(11(5-26-9)7-47-53(40,41)42)6-27-15-16(28-10(2)31)24(50-21(19(15)35)23(37)38)51-55(45,46)52-54(43,44)48-8-13-18(34)20(36)22(49-13)30-4-3-14(32)29-25(30)39/h3-5,13,15-16,18-22,24,27,33-36H,6-8H2,1-2H3,(H,28,31)(H,37,38)(H,43,44)(H,45,46)(H,29,32,39)(H2,40,41,42)/t13-,15-,16-,18-,19+,20-,21+,22-,24-/m1/s1. The van der Waals surface area contributed by atoms with Gasteiger partial charge in [0.05, 0.1) is 31.0 Å². The maximum Gasteiger partial charge on any atom is 0.483 e. The van der Waals surface area contributed by atoms with Gasteiger partial charge in [0.25, 0.3) is 5.56 Å². The number of hydrogen-bond acceptors (Lipinski definition) is 19. The predicted octanol–water partition coefficient (Wildman–Crippen LogP) is -3.74. The number of carbonyl (C=O) groups is 2. The third-order valence-corrected chi connectivity index (χ3v) is 11.0. The summed E-state index contributed by atoms with van der Waals surface area (Å²) in [6.07, 6.45) is -11.9. The Balaban J connectivity index is 1.52. The van der Waals surface area contributed by atoms with Crippen molar-refractivity contribution in [2.24, 2.45) is 0 Å². The van der Waals surface area contributed by atoms with Gasteiger partial charge in [0.15, 0.2) is 18.6 Å². The molecule has 1 amide bonds. The zero-order valence-electron chi connectivity index (χ0n) is 28.1. The van der Waals surface area contributed by atoms with Crippen molar-refractivity contribution in [1.29, 1.82) is 0 Å². The highest BCUT2D eigenvalue weighted by Gasteiger charge is 2.52. The van der Waals surface area contributed by atoms with Gasteiger partial charge in [-0.25, -0.2) is 23.3 Å². The molecule has 55 heavy (non-hydrogen) atoms. The third-order valence-electron chi connectivity index (χ3n) is 7.89. The van der Waals surface area contributed by atoms with Gasteiger partial charge in [-0.15, -0.1) is 0 Å². The summed E-state index contributed by atoms with van der Waals surface area (Å²) in [5, 5.41) is 56.9. The first-order valence-electron chi connectivity index (χ1n) is 15.4. The molecule has 2 aliphatic rings. The molecule has 11 atom stereocenters. The van der Waals surface area contributed by atoms with Crippen LogP contribution < -0.4 is 21.9 Å². The number of nitrogens with one attached hydrogen (secondary N) is 3. The van der Waals surface area contributed by atoms with Crippen LogP contribution in [0, 0.1) is 6.92 Å². The van der Waals surface area contributed by atoms with E-state index in [0.29, 0.717) is 4.57 Å². The number of carboxylic acid groups (broad SMARTS) is 1. The number of nitrogens with zero attached hydrogens (tertiary/aromatic N) is 2. The lowest BCUT2D eigenvalue weighted by Crippen LogP contribution is -2.69. The van der Waals surface area contributed by atoms with Gasteiger partial charge >= 0.3 is 35.1 Å². The molecule has 2 aromatic heterocycles. The van der Waals surface area contributed by atoms with Crippen LogP contribution in [0.4, 0.5) is 0 Å². The Morgan fingerprint density at radius 2 is 1.67 bits per heavy atom. The van der Waals surface area contributed by atoms with Crippen molar-refractivity contribution in [2.75, 3.05) is 6.61 Å². The van der Waals surface area contributed by atoms with E-state index in [2.05, 4.69) is 29.0 Å². The van der Waals surface area contributed by atoms with Gasteiger partial charge in [-0.2, -0.15) is 4.31 Å².